The summed E-state index contributed by atoms with van der Waals surface area (Å²) in [6.45, 7) is 0. The molecule has 0 spiro atoms. The highest BCUT2D eigenvalue weighted by atomic mass is 16.3. The Hall–Kier alpha value is -1.58. The molecule has 0 aliphatic carbocycles. The molecule has 0 aliphatic rings. The van der Waals surface area contributed by atoms with Crippen LogP contribution in [0.5, 0.6) is 17.2 Å². The summed E-state index contributed by atoms with van der Waals surface area (Å²) in [5, 5.41) is 27.5. The fraction of sp³-hybridized carbons (Fsp3) is 0.250. The maximum absolute atomic E-state index is 9.28. The normalized spacial score (nSPS) is 9.83. The molecule has 1 aromatic carbocycles. The van der Waals surface area contributed by atoms with E-state index in [0.29, 0.717) is 5.69 Å². The summed E-state index contributed by atoms with van der Waals surface area (Å²) < 4.78 is 0. The fourth-order valence-corrected chi connectivity index (χ4v) is 1.05. The molecule has 0 fully saturated rings. The Kier molecular flexibility index (Phi) is 1.99. The molecule has 0 atom stereocenters. The molecule has 66 valence electrons. The zero-order valence-electron chi connectivity index (χ0n) is 6.94. The number of phenolic OH excluding ortho intramolecular Hbond substituents is 3. The van der Waals surface area contributed by atoms with Crippen LogP contribution in [0.15, 0.2) is 12.1 Å². The van der Waals surface area contributed by atoms with E-state index in [2.05, 4.69) is 0 Å². The van der Waals surface area contributed by atoms with Gasteiger partial charge in [-0.2, -0.15) is 0 Å². The van der Waals surface area contributed by atoms with Crippen LogP contribution in [0.4, 0.5) is 5.69 Å². The summed E-state index contributed by atoms with van der Waals surface area (Å²) in [5.74, 6) is -0.439. The van der Waals surface area contributed by atoms with Gasteiger partial charge in [-0.05, 0) is 0 Å². The van der Waals surface area contributed by atoms with Gasteiger partial charge in [-0.1, -0.05) is 0 Å². The molecule has 0 bridgehead atoms. The van der Waals surface area contributed by atoms with E-state index in [4.69, 9.17) is 5.11 Å². The Morgan fingerprint density at radius 3 is 1.75 bits per heavy atom. The zero-order chi connectivity index (χ0) is 9.30. The van der Waals surface area contributed by atoms with Crippen molar-refractivity contribution in [2.75, 3.05) is 19.0 Å². The van der Waals surface area contributed by atoms with Gasteiger partial charge in [-0.15, -0.1) is 0 Å². The van der Waals surface area contributed by atoms with Crippen LogP contribution in [-0.4, -0.2) is 29.4 Å². The molecule has 0 saturated carbocycles. The van der Waals surface area contributed by atoms with Crippen LogP contribution in [0, 0.1) is 0 Å². The summed E-state index contributed by atoms with van der Waals surface area (Å²) in [6, 6.07) is 2.35. The highest BCUT2D eigenvalue weighted by molar-refractivity contribution is 5.68. The van der Waals surface area contributed by atoms with Crippen LogP contribution in [0.3, 0.4) is 0 Å². The monoisotopic (exact) mass is 169 g/mol. The van der Waals surface area contributed by atoms with Gasteiger partial charge in [0.2, 0.25) is 0 Å². The molecule has 0 amide bonds. The Morgan fingerprint density at radius 1 is 1.00 bits per heavy atom. The van der Waals surface area contributed by atoms with Crippen LogP contribution in [0.2, 0.25) is 0 Å². The second-order valence-corrected chi connectivity index (χ2v) is 2.73. The van der Waals surface area contributed by atoms with E-state index >= 15 is 0 Å². The third-order valence-corrected chi connectivity index (χ3v) is 1.50. The van der Waals surface area contributed by atoms with E-state index < -0.39 is 0 Å². The maximum atomic E-state index is 9.28. The summed E-state index contributed by atoms with van der Waals surface area (Å²) in [4.78, 5) is 1.56. The van der Waals surface area contributed by atoms with Gasteiger partial charge in [0.25, 0.3) is 0 Å². The minimum absolute atomic E-state index is 0.141. The number of anilines is 1. The number of phenols is 3. The Balaban J connectivity index is 3.28. The lowest BCUT2D eigenvalue weighted by Crippen LogP contribution is -2.08. The number of rotatable bonds is 1. The van der Waals surface area contributed by atoms with E-state index in [1.807, 2.05) is 0 Å². The first kappa shape index (κ1) is 8.52. The number of aromatic hydroxyl groups is 3. The summed E-state index contributed by atoms with van der Waals surface area (Å²) in [7, 11) is 3.37. The first-order chi connectivity index (χ1) is 5.52. The van der Waals surface area contributed by atoms with E-state index in [-0.39, 0.29) is 17.2 Å². The lowest BCUT2D eigenvalue weighted by atomic mass is 10.2. The van der Waals surface area contributed by atoms with E-state index in [1.165, 1.54) is 12.1 Å². The summed E-state index contributed by atoms with van der Waals surface area (Å²) in [6.07, 6.45) is 0. The second-order valence-electron chi connectivity index (χ2n) is 2.73. The van der Waals surface area contributed by atoms with Gasteiger partial charge >= 0.3 is 0 Å². The number of nitrogens with zero attached hydrogens (tertiary/aromatic N) is 1. The van der Waals surface area contributed by atoms with Crippen molar-refractivity contribution in [3.05, 3.63) is 12.1 Å². The second kappa shape index (κ2) is 2.81. The molecule has 0 heterocycles. The van der Waals surface area contributed by atoms with Gasteiger partial charge in [-0.25, -0.2) is 0 Å². The van der Waals surface area contributed by atoms with Crippen molar-refractivity contribution in [3.63, 3.8) is 0 Å². The lowest BCUT2D eigenvalue weighted by molar-refractivity contribution is 0.429. The molecule has 0 aliphatic heterocycles. The first-order valence-corrected chi connectivity index (χ1v) is 3.44. The van der Waals surface area contributed by atoms with Crippen molar-refractivity contribution in [1.82, 2.24) is 0 Å². The third kappa shape index (κ3) is 1.37. The van der Waals surface area contributed by atoms with Gasteiger partial charge in [0, 0.05) is 26.2 Å². The minimum Gasteiger partial charge on any atom is -0.508 e. The van der Waals surface area contributed by atoms with Crippen LogP contribution in [0.25, 0.3) is 0 Å². The fourth-order valence-electron chi connectivity index (χ4n) is 1.05. The largest absolute Gasteiger partial charge is 0.508 e. The summed E-state index contributed by atoms with van der Waals surface area (Å²) in [5.41, 5.74) is 0.299. The standard InChI is InChI=1S/C8H11NO3/c1-9(2)8-6(11)3-5(10)4-7(8)12/h3-4,10-12H,1-2H3. The van der Waals surface area contributed by atoms with Crippen molar-refractivity contribution in [2.45, 2.75) is 0 Å². The zero-order valence-corrected chi connectivity index (χ0v) is 6.94. The molecule has 0 aromatic heterocycles. The molecule has 12 heavy (non-hydrogen) atoms. The molecule has 4 nitrogen and oxygen atoms in total. The lowest BCUT2D eigenvalue weighted by Gasteiger charge is -2.15. The molecular formula is C8H11NO3. The van der Waals surface area contributed by atoms with Gasteiger partial charge in [0.1, 0.15) is 22.9 Å². The van der Waals surface area contributed by atoms with E-state index in [9.17, 15) is 10.2 Å². The predicted octanol–water partition coefficient (Wildman–Crippen LogP) is 0.869. The molecule has 1 rings (SSSR count). The molecule has 3 N–H and O–H groups in total. The Labute approximate surface area is 70.3 Å². The maximum Gasteiger partial charge on any atom is 0.146 e. The van der Waals surface area contributed by atoms with Crippen molar-refractivity contribution < 1.29 is 15.3 Å². The highest BCUT2D eigenvalue weighted by Gasteiger charge is 2.10. The summed E-state index contributed by atoms with van der Waals surface area (Å²) >= 11 is 0. The van der Waals surface area contributed by atoms with Crippen molar-refractivity contribution in [2.24, 2.45) is 0 Å². The molecule has 4 heteroatoms. The topological polar surface area (TPSA) is 63.9 Å². The molecule has 0 unspecified atom stereocenters. The van der Waals surface area contributed by atoms with Gasteiger partial charge in [0.05, 0.1) is 0 Å². The quantitative estimate of drug-likeness (QED) is 0.583. The van der Waals surface area contributed by atoms with E-state index in [0.717, 1.165) is 0 Å². The average Bonchev–Trinajstić information content (AvgIpc) is 1.82. The highest BCUT2D eigenvalue weighted by Crippen LogP contribution is 2.38. The van der Waals surface area contributed by atoms with E-state index in [1.54, 1.807) is 19.0 Å². The average molecular weight is 169 g/mol. The Bertz CT molecular complexity index is 273. The smallest absolute Gasteiger partial charge is 0.146 e. The van der Waals surface area contributed by atoms with Gasteiger partial charge in [-0.3, -0.25) is 0 Å². The minimum atomic E-state index is -0.157. The van der Waals surface area contributed by atoms with Crippen molar-refractivity contribution >= 4 is 5.69 Å². The third-order valence-electron chi connectivity index (χ3n) is 1.50. The van der Waals surface area contributed by atoms with Crippen LogP contribution < -0.4 is 4.90 Å². The van der Waals surface area contributed by atoms with Crippen LogP contribution >= 0.6 is 0 Å². The molecular weight excluding hydrogens is 158 g/mol. The van der Waals surface area contributed by atoms with Crippen molar-refractivity contribution in [3.8, 4) is 17.2 Å². The Morgan fingerprint density at radius 2 is 1.42 bits per heavy atom. The molecule has 1 aromatic rings. The van der Waals surface area contributed by atoms with Gasteiger partial charge < -0.3 is 20.2 Å². The molecule has 0 radical (unpaired) electrons. The number of hydrogen-bond acceptors (Lipinski definition) is 4. The first-order valence-electron chi connectivity index (χ1n) is 3.44. The van der Waals surface area contributed by atoms with Gasteiger partial charge in [0.15, 0.2) is 0 Å². The molecule has 0 saturated heterocycles. The van der Waals surface area contributed by atoms with Crippen LogP contribution in [0.1, 0.15) is 0 Å². The SMILES string of the molecule is CN(C)c1c(O)cc(O)cc1O. The van der Waals surface area contributed by atoms with Crippen molar-refractivity contribution in [1.29, 1.82) is 0 Å². The van der Waals surface area contributed by atoms with Crippen LogP contribution in [-0.2, 0) is 0 Å². The predicted molar refractivity (Wildman–Crippen MR) is 45.8 cm³/mol. The number of benzene rings is 1. The number of hydrogen-bond donors (Lipinski definition) is 3.